The van der Waals surface area contributed by atoms with Crippen LogP contribution in [0.4, 0.5) is 18.9 Å². The highest BCUT2D eigenvalue weighted by molar-refractivity contribution is 5.95. The molecule has 1 atom stereocenters. The van der Waals surface area contributed by atoms with Crippen molar-refractivity contribution >= 4 is 36.4 Å². The molecule has 0 radical (unpaired) electrons. The van der Waals surface area contributed by atoms with Crippen LogP contribution in [-0.2, 0) is 6.42 Å². The summed E-state index contributed by atoms with van der Waals surface area (Å²) in [6, 6.07) is 5.56. The number of fused-ring (bicyclic) bond motifs is 1. The van der Waals surface area contributed by atoms with Crippen molar-refractivity contribution in [1.82, 2.24) is 10.2 Å². The van der Waals surface area contributed by atoms with E-state index in [0.29, 0.717) is 31.6 Å². The first-order chi connectivity index (χ1) is 10.9. The van der Waals surface area contributed by atoms with Crippen LogP contribution in [0.5, 0.6) is 0 Å². The van der Waals surface area contributed by atoms with Gasteiger partial charge in [-0.3, -0.25) is 9.69 Å². The lowest BCUT2D eigenvalue weighted by molar-refractivity contribution is -0.143. The van der Waals surface area contributed by atoms with E-state index in [-0.39, 0.29) is 36.6 Å². The van der Waals surface area contributed by atoms with Gasteiger partial charge in [-0.25, -0.2) is 0 Å². The minimum absolute atomic E-state index is 0. The molecule has 1 fully saturated rings. The summed E-state index contributed by atoms with van der Waals surface area (Å²) < 4.78 is 37.1. The second-order valence-corrected chi connectivity index (χ2v) is 6.26. The Morgan fingerprint density at radius 1 is 1.32 bits per heavy atom. The zero-order chi connectivity index (χ0) is 16.4. The third-order valence-electron chi connectivity index (χ3n) is 4.40. The maximum atomic E-state index is 12.4. The van der Waals surface area contributed by atoms with Gasteiger partial charge in [0.2, 0.25) is 0 Å². The molecule has 2 heterocycles. The van der Waals surface area contributed by atoms with Crippen LogP contribution in [0.25, 0.3) is 0 Å². The lowest BCUT2D eigenvalue weighted by Gasteiger charge is -2.18. The molecule has 25 heavy (non-hydrogen) atoms. The summed E-state index contributed by atoms with van der Waals surface area (Å²) >= 11 is 0. The minimum Gasteiger partial charge on any atom is -0.384 e. The summed E-state index contributed by atoms with van der Waals surface area (Å²) in [6.07, 6.45) is -2.56. The van der Waals surface area contributed by atoms with Crippen molar-refractivity contribution in [2.45, 2.75) is 19.0 Å². The van der Waals surface area contributed by atoms with Crippen LogP contribution >= 0.6 is 24.8 Å². The molecule has 0 saturated carbocycles. The van der Waals surface area contributed by atoms with Gasteiger partial charge in [-0.05, 0) is 49.1 Å². The van der Waals surface area contributed by atoms with E-state index in [1.54, 1.807) is 6.07 Å². The largest absolute Gasteiger partial charge is 0.401 e. The van der Waals surface area contributed by atoms with Crippen LogP contribution in [0.1, 0.15) is 22.3 Å². The molecule has 0 bridgehead atoms. The Morgan fingerprint density at radius 2 is 2.08 bits per heavy atom. The second-order valence-electron chi connectivity index (χ2n) is 6.26. The molecule has 2 aliphatic rings. The quantitative estimate of drug-likeness (QED) is 0.817. The van der Waals surface area contributed by atoms with Crippen molar-refractivity contribution in [2.24, 2.45) is 5.92 Å². The second kappa shape index (κ2) is 8.96. The smallest absolute Gasteiger partial charge is 0.384 e. The lowest BCUT2D eigenvalue weighted by Crippen LogP contribution is -2.34. The number of amides is 1. The standard InChI is InChI=1S/C16H20F3N3O.2ClH/c17-16(18,19)10-22-6-4-11(9-22)8-21-15(23)13-1-2-14-12(7-13)3-5-20-14;;/h1-2,7,11,20H,3-6,8-10H2,(H,21,23);2*1H. The van der Waals surface area contributed by atoms with Crippen LogP contribution in [0.15, 0.2) is 18.2 Å². The van der Waals surface area contributed by atoms with E-state index in [0.717, 1.165) is 24.2 Å². The predicted octanol–water partition coefficient (Wildman–Crippen LogP) is 3.11. The molecule has 1 aromatic carbocycles. The molecule has 4 nitrogen and oxygen atoms in total. The highest BCUT2D eigenvalue weighted by atomic mass is 35.5. The normalized spacial score (nSPS) is 19.4. The van der Waals surface area contributed by atoms with Crippen molar-refractivity contribution < 1.29 is 18.0 Å². The molecule has 3 rings (SSSR count). The summed E-state index contributed by atoms with van der Waals surface area (Å²) in [4.78, 5) is 13.6. The fourth-order valence-electron chi connectivity index (χ4n) is 3.26. The molecule has 0 aliphatic carbocycles. The molecule has 2 N–H and O–H groups in total. The molecule has 9 heteroatoms. The number of halogens is 5. The minimum atomic E-state index is -4.16. The number of benzene rings is 1. The number of hydrogen-bond acceptors (Lipinski definition) is 3. The number of likely N-dealkylation sites (tertiary alicyclic amines) is 1. The molecule has 0 spiro atoms. The fraction of sp³-hybridized carbons (Fsp3) is 0.562. The average molecular weight is 400 g/mol. The van der Waals surface area contributed by atoms with Crippen LogP contribution in [0.3, 0.4) is 0 Å². The van der Waals surface area contributed by atoms with Crippen LogP contribution in [-0.4, -0.2) is 49.7 Å². The van der Waals surface area contributed by atoms with Crippen LogP contribution in [0.2, 0.25) is 0 Å². The van der Waals surface area contributed by atoms with E-state index in [4.69, 9.17) is 0 Å². The first-order valence-electron chi connectivity index (χ1n) is 7.85. The topological polar surface area (TPSA) is 44.4 Å². The Bertz CT molecular complexity index is 598. The van der Waals surface area contributed by atoms with E-state index in [9.17, 15) is 18.0 Å². The van der Waals surface area contributed by atoms with Gasteiger partial charge in [0.15, 0.2) is 0 Å². The van der Waals surface area contributed by atoms with Crippen LogP contribution < -0.4 is 10.6 Å². The van der Waals surface area contributed by atoms with Gasteiger partial charge in [0.25, 0.3) is 5.91 Å². The SMILES string of the molecule is Cl.Cl.O=C(NCC1CCN(CC(F)(F)F)C1)c1ccc2c(c1)CCN2. The van der Waals surface area contributed by atoms with E-state index < -0.39 is 12.7 Å². The van der Waals surface area contributed by atoms with Gasteiger partial charge in [0.1, 0.15) is 0 Å². The molecule has 0 aromatic heterocycles. The summed E-state index contributed by atoms with van der Waals surface area (Å²) in [5, 5.41) is 6.09. The Labute approximate surface area is 157 Å². The first-order valence-corrected chi connectivity index (χ1v) is 7.85. The lowest BCUT2D eigenvalue weighted by atomic mass is 10.1. The highest BCUT2D eigenvalue weighted by Crippen LogP contribution is 2.24. The molecular weight excluding hydrogens is 378 g/mol. The molecule has 1 aromatic rings. The first kappa shape index (κ1) is 21.9. The van der Waals surface area contributed by atoms with Crippen molar-refractivity contribution in [3.05, 3.63) is 29.3 Å². The molecule has 1 amide bonds. The zero-order valence-electron chi connectivity index (χ0n) is 13.6. The Balaban J connectivity index is 0.00000156. The van der Waals surface area contributed by atoms with E-state index >= 15 is 0 Å². The summed E-state index contributed by atoms with van der Waals surface area (Å²) in [6.45, 7) is 1.26. The number of nitrogens with one attached hydrogen (secondary N) is 2. The number of anilines is 1. The number of carbonyl (C=O) groups is 1. The predicted molar refractivity (Wildman–Crippen MR) is 96.1 cm³/mol. The molecule has 142 valence electrons. The summed E-state index contributed by atoms with van der Waals surface area (Å²) in [5.41, 5.74) is 2.81. The maximum Gasteiger partial charge on any atom is 0.401 e. The number of nitrogens with zero attached hydrogens (tertiary/aromatic N) is 1. The van der Waals surface area contributed by atoms with Gasteiger partial charge in [0.05, 0.1) is 6.54 Å². The average Bonchev–Trinajstić information content (AvgIpc) is 3.11. The molecule has 2 aliphatic heterocycles. The van der Waals surface area contributed by atoms with E-state index in [1.165, 1.54) is 4.90 Å². The Hall–Kier alpha value is -1.18. The third-order valence-corrected chi connectivity index (χ3v) is 4.40. The van der Waals surface area contributed by atoms with Gasteiger partial charge >= 0.3 is 6.18 Å². The van der Waals surface area contributed by atoms with Crippen molar-refractivity contribution in [3.63, 3.8) is 0 Å². The number of hydrogen-bond donors (Lipinski definition) is 2. The van der Waals surface area contributed by atoms with Gasteiger partial charge in [-0.2, -0.15) is 13.2 Å². The van der Waals surface area contributed by atoms with Crippen molar-refractivity contribution in [2.75, 3.05) is 38.0 Å². The van der Waals surface area contributed by atoms with E-state index in [2.05, 4.69) is 10.6 Å². The monoisotopic (exact) mass is 399 g/mol. The Morgan fingerprint density at radius 3 is 2.80 bits per heavy atom. The third kappa shape index (κ3) is 5.94. The van der Waals surface area contributed by atoms with Crippen LogP contribution in [0, 0.1) is 5.92 Å². The number of carbonyl (C=O) groups excluding carboxylic acids is 1. The van der Waals surface area contributed by atoms with Crippen molar-refractivity contribution in [1.29, 1.82) is 0 Å². The van der Waals surface area contributed by atoms with Crippen molar-refractivity contribution in [3.8, 4) is 0 Å². The zero-order valence-corrected chi connectivity index (χ0v) is 15.2. The fourth-order valence-corrected chi connectivity index (χ4v) is 3.26. The highest BCUT2D eigenvalue weighted by Gasteiger charge is 2.34. The number of alkyl halides is 3. The number of rotatable bonds is 4. The Kier molecular flexibility index (Phi) is 7.84. The van der Waals surface area contributed by atoms with Gasteiger partial charge in [0, 0.05) is 30.9 Å². The maximum absolute atomic E-state index is 12.4. The summed E-state index contributed by atoms with van der Waals surface area (Å²) in [7, 11) is 0. The molecule has 1 saturated heterocycles. The summed E-state index contributed by atoms with van der Waals surface area (Å²) in [5.74, 6) is -0.0774. The van der Waals surface area contributed by atoms with Gasteiger partial charge in [-0.1, -0.05) is 0 Å². The van der Waals surface area contributed by atoms with Gasteiger partial charge < -0.3 is 10.6 Å². The van der Waals surface area contributed by atoms with E-state index in [1.807, 2.05) is 12.1 Å². The van der Waals surface area contributed by atoms with Gasteiger partial charge in [-0.15, -0.1) is 24.8 Å². The molecular formula is C16H22Cl2F3N3O. The molecule has 1 unspecified atom stereocenters.